The summed E-state index contributed by atoms with van der Waals surface area (Å²) < 4.78 is 5.64. The summed E-state index contributed by atoms with van der Waals surface area (Å²) in [7, 11) is 0. The Balaban J connectivity index is 1.66. The predicted molar refractivity (Wildman–Crippen MR) is 117 cm³/mol. The van der Waals surface area contributed by atoms with Crippen molar-refractivity contribution in [1.82, 2.24) is 15.6 Å². The number of ether oxygens (including phenoxy) is 1. The van der Waals surface area contributed by atoms with E-state index >= 15 is 0 Å². The second-order valence-electron chi connectivity index (χ2n) is 7.69. The number of pyridine rings is 1. The Morgan fingerprint density at radius 3 is 2.75 bits per heavy atom. The monoisotopic (exact) mass is 382 g/mol. The standard InChI is InChI=1S/C23H34N4O/c1-3-24-22(27-18-23(12-7-8-13-23)14-16-28-4-2)26-17-19-11-15-25-21-10-6-5-9-20(19)21/h5-6,9-11,15H,3-4,7-8,12-14,16-18H2,1-2H3,(H2,24,26,27). The van der Waals surface area contributed by atoms with Gasteiger partial charge < -0.3 is 15.4 Å². The van der Waals surface area contributed by atoms with E-state index in [4.69, 9.17) is 9.73 Å². The van der Waals surface area contributed by atoms with Crippen LogP contribution in [0.2, 0.25) is 0 Å². The van der Waals surface area contributed by atoms with Gasteiger partial charge in [0.15, 0.2) is 5.96 Å². The SMILES string of the molecule is CCNC(=NCc1ccnc2ccccc12)NCC1(CCOCC)CCCC1. The van der Waals surface area contributed by atoms with Crippen LogP contribution in [0.25, 0.3) is 10.9 Å². The fourth-order valence-electron chi connectivity index (χ4n) is 4.14. The van der Waals surface area contributed by atoms with Crippen LogP contribution in [0.3, 0.4) is 0 Å². The molecule has 1 heterocycles. The van der Waals surface area contributed by atoms with Gasteiger partial charge in [-0.2, -0.15) is 0 Å². The topological polar surface area (TPSA) is 58.5 Å². The fourth-order valence-corrected chi connectivity index (χ4v) is 4.14. The molecule has 5 heteroatoms. The lowest BCUT2D eigenvalue weighted by Gasteiger charge is -2.30. The van der Waals surface area contributed by atoms with Gasteiger partial charge in [-0.1, -0.05) is 31.0 Å². The van der Waals surface area contributed by atoms with Crippen molar-refractivity contribution in [2.75, 3.05) is 26.3 Å². The zero-order valence-electron chi connectivity index (χ0n) is 17.3. The average Bonchev–Trinajstić information content (AvgIpc) is 3.19. The molecule has 0 bridgehead atoms. The van der Waals surface area contributed by atoms with E-state index in [-0.39, 0.29) is 0 Å². The Kier molecular flexibility index (Phi) is 7.66. The molecule has 1 aromatic carbocycles. The van der Waals surface area contributed by atoms with Gasteiger partial charge >= 0.3 is 0 Å². The number of guanidine groups is 1. The van der Waals surface area contributed by atoms with Crippen molar-refractivity contribution < 1.29 is 4.74 Å². The molecule has 0 saturated heterocycles. The molecule has 2 aromatic rings. The Morgan fingerprint density at radius 2 is 1.96 bits per heavy atom. The number of aromatic nitrogens is 1. The third-order valence-corrected chi connectivity index (χ3v) is 5.77. The maximum Gasteiger partial charge on any atom is 0.191 e. The van der Waals surface area contributed by atoms with E-state index < -0.39 is 0 Å². The molecule has 0 radical (unpaired) electrons. The van der Waals surface area contributed by atoms with Crippen LogP contribution < -0.4 is 10.6 Å². The minimum atomic E-state index is 0.342. The minimum Gasteiger partial charge on any atom is -0.382 e. The number of hydrogen-bond acceptors (Lipinski definition) is 3. The molecule has 1 aromatic heterocycles. The first-order chi connectivity index (χ1) is 13.8. The van der Waals surface area contributed by atoms with Crippen LogP contribution in [0, 0.1) is 5.41 Å². The summed E-state index contributed by atoms with van der Waals surface area (Å²) in [5.74, 6) is 0.895. The van der Waals surface area contributed by atoms with Crippen molar-refractivity contribution >= 4 is 16.9 Å². The summed E-state index contributed by atoms with van der Waals surface area (Å²) in [6.45, 7) is 8.29. The lowest BCUT2D eigenvalue weighted by Crippen LogP contribution is -2.43. The summed E-state index contributed by atoms with van der Waals surface area (Å²) in [5.41, 5.74) is 2.57. The van der Waals surface area contributed by atoms with Crippen LogP contribution in [0.5, 0.6) is 0 Å². The lowest BCUT2D eigenvalue weighted by molar-refractivity contribution is 0.105. The molecule has 28 heavy (non-hydrogen) atoms. The van der Waals surface area contributed by atoms with Crippen molar-refractivity contribution in [3.8, 4) is 0 Å². The van der Waals surface area contributed by atoms with Gasteiger partial charge in [-0.15, -0.1) is 0 Å². The molecule has 1 aliphatic rings. The van der Waals surface area contributed by atoms with Crippen molar-refractivity contribution in [1.29, 1.82) is 0 Å². The minimum absolute atomic E-state index is 0.342. The molecular formula is C23H34N4O. The Morgan fingerprint density at radius 1 is 1.14 bits per heavy atom. The largest absolute Gasteiger partial charge is 0.382 e. The van der Waals surface area contributed by atoms with Crippen LogP contribution in [0.4, 0.5) is 0 Å². The first kappa shape index (κ1) is 20.6. The Hall–Kier alpha value is -2.14. The molecule has 1 aliphatic carbocycles. The van der Waals surface area contributed by atoms with Crippen LogP contribution in [-0.2, 0) is 11.3 Å². The second kappa shape index (κ2) is 10.4. The summed E-state index contributed by atoms with van der Waals surface area (Å²) >= 11 is 0. The normalized spacial score (nSPS) is 16.4. The molecule has 0 aliphatic heterocycles. The number of fused-ring (bicyclic) bond motifs is 1. The maximum absolute atomic E-state index is 5.64. The molecule has 0 spiro atoms. The predicted octanol–water partition coefficient (Wildman–Crippen LogP) is 4.28. The number of para-hydroxylation sites is 1. The molecule has 1 fully saturated rings. The summed E-state index contributed by atoms with van der Waals surface area (Å²) in [6.07, 6.45) is 8.20. The molecule has 3 rings (SSSR count). The van der Waals surface area contributed by atoms with E-state index in [2.05, 4.69) is 47.7 Å². The van der Waals surface area contributed by atoms with Crippen molar-refractivity contribution in [2.24, 2.45) is 10.4 Å². The first-order valence-corrected chi connectivity index (χ1v) is 10.7. The molecule has 0 unspecified atom stereocenters. The molecular weight excluding hydrogens is 348 g/mol. The lowest BCUT2D eigenvalue weighted by atomic mass is 9.83. The van der Waals surface area contributed by atoms with E-state index in [1.807, 2.05) is 18.3 Å². The van der Waals surface area contributed by atoms with Gasteiger partial charge in [0.2, 0.25) is 0 Å². The van der Waals surface area contributed by atoms with E-state index in [0.29, 0.717) is 12.0 Å². The highest BCUT2D eigenvalue weighted by atomic mass is 16.5. The zero-order chi connectivity index (χ0) is 19.7. The van der Waals surface area contributed by atoms with Crippen molar-refractivity contribution in [3.63, 3.8) is 0 Å². The number of hydrogen-bond donors (Lipinski definition) is 2. The van der Waals surface area contributed by atoms with E-state index in [0.717, 1.165) is 44.2 Å². The summed E-state index contributed by atoms with van der Waals surface area (Å²) in [5, 5.41) is 8.19. The van der Waals surface area contributed by atoms with Crippen molar-refractivity contribution in [2.45, 2.75) is 52.5 Å². The highest BCUT2D eigenvalue weighted by Gasteiger charge is 2.33. The number of aliphatic imine (C=N–C) groups is 1. The van der Waals surface area contributed by atoms with Gasteiger partial charge in [-0.05, 0) is 56.2 Å². The highest BCUT2D eigenvalue weighted by Crippen LogP contribution is 2.40. The van der Waals surface area contributed by atoms with Gasteiger partial charge in [0.05, 0.1) is 12.1 Å². The van der Waals surface area contributed by atoms with E-state index in [9.17, 15) is 0 Å². The van der Waals surface area contributed by atoms with Crippen LogP contribution in [0.1, 0.15) is 51.5 Å². The number of rotatable bonds is 9. The number of nitrogens with zero attached hydrogens (tertiary/aromatic N) is 2. The summed E-state index contributed by atoms with van der Waals surface area (Å²) in [6, 6.07) is 10.3. The molecule has 5 nitrogen and oxygen atoms in total. The third kappa shape index (κ3) is 5.44. The third-order valence-electron chi connectivity index (χ3n) is 5.77. The molecule has 1 saturated carbocycles. The maximum atomic E-state index is 5.64. The fraction of sp³-hybridized carbons (Fsp3) is 0.565. The van der Waals surface area contributed by atoms with E-state index in [1.165, 1.54) is 36.6 Å². The van der Waals surface area contributed by atoms with Crippen molar-refractivity contribution in [3.05, 3.63) is 42.1 Å². The molecule has 152 valence electrons. The smallest absolute Gasteiger partial charge is 0.191 e. The van der Waals surface area contributed by atoms with E-state index in [1.54, 1.807) is 0 Å². The highest BCUT2D eigenvalue weighted by molar-refractivity contribution is 5.83. The van der Waals surface area contributed by atoms with Crippen LogP contribution >= 0.6 is 0 Å². The van der Waals surface area contributed by atoms with Gasteiger partial charge in [-0.3, -0.25) is 4.98 Å². The van der Waals surface area contributed by atoms with Gasteiger partial charge in [0.1, 0.15) is 0 Å². The van der Waals surface area contributed by atoms with Crippen LogP contribution in [0.15, 0.2) is 41.5 Å². The second-order valence-corrected chi connectivity index (χ2v) is 7.69. The molecule has 0 amide bonds. The Bertz CT molecular complexity index is 763. The quantitative estimate of drug-likeness (QED) is 0.386. The number of nitrogens with one attached hydrogen (secondary N) is 2. The zero-order valence-corrected chi connectivity index (χ0v) is 17.3. The number of benzene rings is 1. The summed E-state index contributed by atoms with van der Waals surface area (Å²) in [4.78, 5) is 9.30. The Labute approximate surface area is 169 Å². The molecule has 0 atom stereocenters. The van der Waals surface area contributed by atoms with Crippen LogP contribution in [-0.4, -0.2) is 37.2 Å². The van der Waals surface area contributed by atoms with Gasteiger partial charge in [0.25, 0.3) is 0 Å². The molecule has 2 N–H and O–H groups in total. The van der Waals surface area contributed by atoms with Gasteiger partial charge in [-0.25, -0.2) is 4.99 Å². The van der Waals surface area contributed by atoms with Gasteiger partial charge in [0, 0.05) is 37.9 Å². The first-order valence-electron chi connectivity index (χ1n) is 10.7. The average molecular weight is 383 g/mol.